The van der Waals surface area contributed by atoms with Gasteiger partial charge in [-0.2, -0.15) is 0 Å². The van der Waals surface area contributed by atoms with Gasteiger partial charge in [0.15, 0.2) is 17.6 Å². The Bertz CT molecular complexity index is 1480. The molecule has 43 heavy (non-hydrogen) atoms. The molecule has 2 aromatic carbocycles. The van der Waals surface area contributed by atoms with Crippen molar-refractivity contribution in [3.8, 4) is 11.5 Å². The van der Waals surface area contributed by atoms with Crippen molar-refractivity contribution in [2.45, 2.75) is 69.9 Å². The lowest BCUT2D eigenvalue weighted by Gasteiger charge is -2.38. The van der Waals surface area contributed by atoms with Crippen LogP contribution >= 0.6 is 0 Å². The Morgan fingerprint density at radius 3 is 2.67 bits per heavy atom. The molecule has 0 radical (unpaired) electrons. The largest absolute Gasteiger partial charge is 0.486 e. The summed E-state index contributed by atoms with van der Waals surface area (Å²) in [5.74, 6) is -0.356. The number of likely N-dealkylation sites (tertiary alicyclic amines) is 1. The van der Waals surface area contributed by atoms with Gasteiger partial charge in [0, 0.05) is 11.7 Å². The third-order valence-electron chi connectivity index (χ3n) is 10.2. The smallest absolute Gasteiger partial charge is 0.246 e. The van der Waals surface area contributed by atoms with Crippen LogP contribution < -0.4 is 20.1 Å². The molecular formula is C34H39N3O6. The number of nitrogens with zero attached hydrogens (tertiary/aromatic N) is 1. The Morgan fingerprint density at radius 1 is 1.05 bits per heavy atom. The average molecular weight is 586 g/mol. The number of anilines is 1. The van der Waals surface area contributed by atoms with E-state index in [1.54, 1.807) is 4.90 Å². The summed E-state index contributed by atoms with van der Waals surface area (Å²) < 4.78 is 18.7. The van der Waals surface area contributed by atoms with E-state index in [2.05, 4.69) is 24.5 Å². The van der Waals surface area contributed by atoms with Crippen LogP contribution in [0.15, 0.2) is 60.7 Å². The molecule has 1 saturated carbocycles. The maximum atomic E-state index is 14.4. The molecule has 9 atom stereocenters. The SMILES string of the molecule is Cc1cccc(NC(=O)[C@H]2[C@H]3C=C[C@@]4(O3)[C@H]2C(=O)N(C[C@@H]2COc3ccccc3O2)[C@@H]4C(=O)N[C@@H]2CCC[C@@H](C)[C@@H]2C)c1. The van der Waals surface area contributed by atoms with Gasteiger partial charge in [0.2, 0.25) is 17.7 Å². The van der Waals surface area contributed by atoms with Crippen molar-refractivity contribution in [2.75, 3.05) is 18.5 Å². The highest BCUT2D eigenvalue weighted by atomic mass is 16.6. The summed E-state index contributed by atoms with van der Waals surface area (Å²) in [7, 11) is 0. The fraction of sp³-hybridized carbons (Fsp3) is 0.500. The van der Waals surface area contributed by atoms with E-state index >= 15 is 0 Å². The van der Waals surface area contributed by atoms with Crippen LogP contribution in [-0.2, 0) is 19.1 Å². The van der Waals surface area contributed by atoms with E-state index in [1.165, 1.54) is 0 Å². The molecule has 2 N–H and O–H groups in total. The Kier molecular flexibility index (Phi) is 6.95. The second-order valence-corrected chi connectivity index (χ2v) is 12.9. The first-order valence-corrected chi connectivity index (χ1v) is 15.5. The lowest BCUT2D eigenvalue weighted by atomic mass is 9.73. The van der Waals surface area contributed by atoms with Gasteiger partial charge in [-0.15, -0.1) is 0 Å². The number of fused-ring (bicyclic) bond motifs is 2. The summed E-state index contributed by atoms with van der Waals surface area (Å²) in [6.45, 7) is 6.73. The van der Waals surface area contributed by atoms with Crippen LogP contribution in [0.2, 0.25) is 0 Å². The zero-order chi connectivity index (χ0) is 29.9. The maximum absolute atomic E-state index is 14.4. The molecule has 3 amide bonds. The van der Waals surface area contributed by atoms with Crippen LogP contribution in [0.4, 0.5) is 5.69 Å². The van der Waals surface area contributed by atoms with Gasteiger partial charge in [0.1, 0.15) is 18.2 Å². The highest BCUT2D eigenvalue weighted by Crippen LogP contribution is 2.55. The normalized spacial score (nSPS) is 35.5. The summed E-state index contributed by atoms with van der Waals surface area (Å²) in [6.07, 6.45) is 5.69. The van der Waals surface area contributed by atoms with E-state index in [0.717, 1.165) is 24.8 Å². The van der Waals surface area contributed by atoms with Gasteiger partial charge in [-0.05, 0) is 55.0 Å². The van der Waals surface area contributed by atoms with E-state index < -0.39 is 35.7 Å². The topological polar surface area (TPSA) is 106 Å². The first-order chi connectivity index (χ1) is 20.7. The quantitative estimate of drug-likeness (QED) is 0.499. The van der Waals surface area contributed by atoms with Crippen molar-refractivity contribution < 1.29 is 28.6 Å². The van der Waals surface area contributed by atoms with Gasteiger partial charge in [0.05, 0.1) is 24.5 Å². The molecule has 0 aromatic heterocycles. The second-order valence-electron chi connectivity index (χ2n) is 12.9. The molecule has 1 spiro atoms. The number of carbonyl (C=O) groups is 3. The van der Waals surface area contributed by atoms with E-state index in [4.69, 9.17) is 14.2 Å². The summed E-state index contributed by atoms with van der Waals surface area (Å²) >= 11 is 0. The Labute approximate surface area is 251 Å². The Hall–Kier alpha value is -3.85. The van der Waals surface area contributed by atoms with Crippen molar-refractivity contribution in [3.05, 3.63) is 66.2 Å². The molecule has 226 valence electrons. The van der Waals surface area contributed by atoms with Crippen LogP contribution in [-0.4, -0.2) is 65.7 Å². The molecule has 2 aromatic rings. The third kappa shape index (κ3) is 4.69. The second kappa shape index (κ2) is 10.7. The molecule has 5 aliphatic rings. The third-order valence-corrected chi connectivity index (χ3v) is 10.2. The highest BCUT2D eigenvalue weighted by Gasteiger charge is 2.73. The summed E-state index contributed by atoms with van der Waals surface area (Å²) in [5.41, 5.74) is 0.437. The van der Waals surface area contributed by atoms with Gasteiger partial charge in [-0.1, -0.05) is 63.1 Å². The number of carbonyl (C=O) groups excluding carboxylic acids is 3. The molecular weight excluding hydrogens is 546 g/mol. The van der Waals surface area contributed by atoms with Gasteiger partial charge < -0.3 is 29.7 Å². The number of benzene rings is 2. The molecule has 1 aliphatic carbocycles. The van der Waals surface area contributed by atoms with E-state index in [0.29, 0.717) is 29.0 Å². The van der Waals surface area contributed by atoms with Crippen LogP contribution in [0.25, 0.3) is 0 Å². The number of ether oxygens (including phenoxy) is 3. The molecule has 9 nitrogen and oxygen atoms in total. The zero-order valence-electron chi connectivity index (χ0n) is 24.8. The number of para-hydroxylation sites is 2. The number of rotatable bonds is 6. The molecule has 3 fully saturated rings. The Balaban J connectivity index is 1.19. The standard InChI is InChI=1S/C34H39N3O6/c1-19-8-6-10-22(16-19)35-31(38)28-27-14-15-34(43-27)29(28)33(40)37(17-23-18-41-25-12-4-5-13-26(25)42-23)30(34)32(39)36-24-11-7-9-20(2)21(24)3/h4-6,8,10,12-16,20-21,23-24,27-30H,7,9,11,17-18H2,1-3H3,(H,35,38)(H,36,39)/t20-,21+,23-,24-,27-,28+,29-,30-,34-/m1/s1. The number of hydrogen-bond donors (Lipinski definition) is 2. The fourth-order valence-electron chi connectivity index (χ4n) is 7.83. The van der Waals surface area contributed by atoms with Crippen molar-refractivity contribution >= 4 is 23.4 Å². The number of amides is 3. The summed E-state index contributed by atoms with van der Waals surface area (Å²) in [4.78, 5) is 44.0. The van der Waals surface area contributed by atoms with Gasteiger partial charge in [-0.25, -0.2) is 0 Å². The van der Waals surface area contributed by atoms with E-state index in [9.17, 15) is 14.4 Å². The lowest BCUT2D eigenvalue weighted by Crippen LogP contribution is -2.59. The van der Waals surface area contributed by atoms with Crippen LogP contribution in [0, 0.1) is 30.6 Å². The molecule has 2 bridgehead atoms. The minimum absolute atomic E-state index is 0.00721. The van der Waals surface area contributed by atoms with Crippen LogP contribution in [0.5, 0.6) is 11.5 Å². The first-order valence-electron chi connectivity index (χ1n) is 15.5. The monoisotopic (exact) mass is 585 g/mol. The molecule has 2 saturated heterocycles. The predicted octanol–water partition coefficient (Wildman–Crippen LogP) is 3.87. The van der Waals surface area contributed by atoms with Gasteiger partial charge >= 0.3 is 0 Å². The molecule has 4 heterocycles. The first kappa shape index (κ1) is 28.0. The molecule has 4 aliphatic heterocycles. The molecule has 7 rings (SSSR count). The van der Waals surface area contributed by atoms with E-state index in [-0.39, 0.29) is 36.9 Å². The predicted molar refractivity (Wildman–Crippen MR) is 159 cm³/mol. The van der Waals surface area contributed by atoms with Crippen LogP contribution in [0.1, 0.15) is 38.7 Å². The minimum atomic E-state index is -1.24. The fourth-order valence-corrected chi connectivity index (χ4v) is 7.83. The lowest BCUT2D eigenvalue weighted by molar-refractivity contribution is -0.143. The zero-order valence-corrected chi connectivity index (χ0v) is 24.8. The molecule has 9 heteroatoms. The minimum Gasteiger partial charge on any atom is -0.486 e. The number of hydrogen-bond acceptors (Lipinski definition) is 6. The van der Waals surface area contributed by atoms with Crippen molar-refractivity contribution in [3.63, 3.8) is 0 Å². The maximum Gasteiger partial charge on any atom is 0.246 e. The van der Waals surface area contributed by atoms with Crippen LogP contribution in [0.3, 0.4) is 0 Å². The van der Waals surface area contributed by atoms with Gasteiger partial charge in [0.25, 0.3) is 0 Å². The Morgan fingerprint density at radius 2 is 1.86 bits per heavy atom. The summed E-state index contributed by atoms with van der Waals surface area (Å²) in [5, 5.41) is 6.30. The highest BCUT2D eigenvalue weighted by molar-refractivity contribution is 6.02. The van der Waals surface area contributed by atoms with E-state index in [1.807, 2.05) is 67.6 Å². The number of nitrogens with one attached hydrogen (secondary N) is 2. The van der Waals surface area contributed by atoms with Crippen molar-refractivity contribution in [2.24, 2.45) is 23.7 Å². The van der Waals surface area contributed by atoms with Gasteiger partial charge in [-0.3, -0.25) is 14.4 Å². The number of aryl methyl sites for hydroxylation is 1. The van der Waals surface area contributed by atoms with Crippen molar-refractivity contribution in [1.82, 2.24) is 10.2 Å². The summed E-state index contributed by atoms with van der Waals surface area (Å²) in [6, 6.07) is 14.0. The molecule has 0 unspecified atom stereocenters. The van der Waals surface area contributed by atoms with Crippen molar-refractivity contribution in [1.29, 1.82) is 0 Å². The average Bonchev–Trinajstić information content (AvgIpc) is 3.63.